The van der Waals surface area contributed by atoms with Gasteiger partial charge in [0, 0.05) is 0 Å². The van der Waals surface area contributed by atoms with E-state index in [1.807, 2.05) is 0 Å². The summed E-state index contributed by atoms with van der Waals surface area (Å²) in [5, 5.41) is 0. The van der Waals surface area contributed by atoms with Gasteiger partial charge in [-0.05, 0) is 49.9 Å². The van der Waals surface area contributed by atoms with Crippen LogP contribution in [0.5, 0.6) is 5.75 Å². The molecule has 1 N–H and O–H groups in total. The van der Waals surface area contributed by atoms with Crippen LogP contribution in [0.4, 0.5) is 5.69 Å². The van der Waals surface area contributed by atoms with Gasteiger partial charge < -0.3 is 9.64 Å². The minimum Gasteiger partial charge on any atom is -0.497 e. The summed E-state index contributed by atoms with van der Waals surface area (Å²) in [6.45, 7) is 3.18. The third kappa shape index (κ3) is 2.98. The van der Waals surface area contributed by atoms with E-state index in [0.29, 0.717) is 18.2 Å². The summed E-state index contributed by atoms with van der Waals surface area (Å²) < 4.78 is 5.14. The molecule has 2 fully saturated rings. The molecule has 0 radical (unpaired) electrons. The van der Waals surface area contributed by atoms with Gasteiger partial charge in [-0.15, -0.1) is 0 Å². The Morgan fingerprint density at radius 3 is 2.61 bits per heavy atom. The Morgan fingerprint density at radius 2 is 1.96 bits per heavy atom. The molecule has 0 aromatic heterocycles. The third-order valence-corrected chi connectivity index (χ3v) is 5.21. The lowest BCUT2D eigenvalue weighted by Gasteiger charge is -2.35. The summed E-state index contributed by atoms with van der Waals surface area (Å²) in [7, 11) is 1.60. The number of hydrogen-bond acceptors (Lipinski definition) is 3. The van der Waals surface area contributed by atoms with E-state index < -0.39 is 0 Å². The number of imide groups is 1. The number of carbonyl (C=O) groups is 2. The average Bonchev–Trinajstić information content (AvgIpc) is 2.89. The van der Waals surface area contributed by atoms with E-state index >= 15 is 0 Å². The average molecular weight is 317 g/mol. The van der Waals surface area contributed by atoms with Gasteiger partial charge in [-0.3, -0.25) is 9.59 Å². The highest BCUT2D eigenvalue weighted by Crippen LogP contribution is 2.25. The van der Waals surface area contributed by atoms with E-state index in [-0.39, 0.29) is 17.9 Å². The maximum Gasteiger partial charge on any atom is 0.292 e. The number of anilines is 1. The van der Waals surface area contributed by atoms with E-state index in [2.05, 4.69) is 6.92 Å². The molecule has 23 heavy (non-hydrogen) atoms. The van der Waals surface area contributed by atoms with Crippen LogP contribution in [-0.2, 0) is 9.59 Å². The molecule has 0 saturated carbocycles. The van der Waals surface area contributed by atoms with Crippen LogP contribution < -0.4 is 14.5 Å². The highest BCUT2D eigenvalue weighted by Gasteiger charge is 2.47. The lowest BCUT2D eigenvalue weighted by Crippen LogP contribution is -3.20. The summed E-state index contributed by atoms with van der Waals surface area (Å²) in [6, 6.07) is 7.41. The van der Waals surface area contributed by atoms with Gasteiger partial charge in [0.25, 0.3) is 5.91 Å². The van der Waals surface area contributed by atoms with Crippen molar-refractivity contribution in [1.29, 1.82) is 0 Å². The zero-order chi connectivity index (χ0) is 16.4. The fourth-order valence-electron chi connectivity index (χ4n) is 3.96. The summed E-state index contributed by atoms with van der Waals surface area (Å²) in [5.74, 6) is 0.589. The molecule has 2 aliphatic rings. The van der Waals surface area contributed by atoms with Crippen molar-refractivity contribution < 1.29 is 19.2 Å². The Labute approximate surface area is 137 Å². The molecule has 0 aliphatic carbocycles. The van der Waals surface area contributed by atoms with Crippen molar-refractivity contribution in [1.82, 2.24) is 0 Å². The number of rotatable bonds is 4. The number of methoxy groups -OCH3 is 1. The number of hydrogen-bond donors (Lipinski definition) is 1. The van der Waals surface area contributed by atoms with E-state index in [4.69, 9.17) is 4.74 Å². The van der Waals surface area contributed by atoms with Gasteiger partial charge in [-0.25, -0.2) is 4.90 Å². The maximum absolute atomic E-state index is 12.9. The van der Waals surface area contributed by atoms with Crippen LogP contribution in [0.2, 0.25) is 0 Å². The topological polar surface area (TPSA) is 51.1 Å². The number of piperidine rings is 1. The standard InChI is InChI=1S/C18H24N2O3/c1-3-13-6-4-5-11-19(13)16-12-17(21)20(18(16)22)14-7-9-15(23-2)10-8-14/h7-10,13,16H,3-6,11-12H2,1-2H3/p+1/t13-,16-/m1/s1. The van der Waals surface area contributed by atoms with Gasteiger partial charge in [0.2, 0.25) is 5.91 Å². The van der Waals surface area contributed by atoms with Gasteiger partial charge in [-0.1, -0.05) is 6.92 Å². The second kappa shape index (κ2) is 6.71. The number of benzene rings is 1. The van der Waals surface area contributed by atoms with E-state index in [1.165, 1.54) is 16.2 Å². The molecule has 2 saturated heterocycles. The number of amides is 2. The highest BCUT2D eigenvalue weighted by molar-refractivity contribution is 6.21. The minimum atomic E-state index is -0.213. The van der Waals surface area contributed by atoms with Crippen LogP contribution in [0.1, 0.15) is 39.0 Å². The van der Waals surface area contributed by atoms with Crippen molar-refractivity contribution >= 4 is 17.5 Å². The number of nitrogens with zero attached hydrogens (tertiary/aromatic N) is 1. The Kier molecular flexibility index (Phi) is 4.66. The van der Waals surface area contributed by atoms with Gasteiger partial charge in [0.05, 0.1) is 31.8 Å². The predicted octanol–water partition coefficient (Wildman–Crippen LogP) is 1.17. The van der Waals surface area contributed by atoms with E-state index in [9.17, 15) is 9.59 Å². The minimum absolute atomic E-state index is 0.0458. The summed E-state index contributed by atoms with van der Waals surface area (Å²) in [4.78, 5) is 28.0. The van der Waals surface area contributed by atoms with Gasteiger partial charge >= 0.3 is 0 Å². The van der Waals surface area contributed by atoms with Crippen LogP contribution in [0.3, 0.4) is 0 Å². The van der Waals surface area contributed by atoms with E-state index in [0.717, 1.165) is 31.6 Å². The van der Waals surface area contributed by atoms with Crippen molar-refractivity contribution in [3.63, 3.8) is 0 Å². The molecule has 3 atom stereocenters. The number of likely N-dealkylation sites (tertiary alicyclic amines) is 1. The van der Waals surface area contributed by atoms with E-state index in [1.54, 1.807) is 31.4 Å². The molecule has 124 valence electrons. The molecule has 2 heterocycles. The second-order valence-corrected chi connectivity index (χ2v) is 6.45. The highest BCUT2D eigenvalue weighted by atomic mass is 16.5. The van der Waals surface area contributed by atoms with Crippen LogP contribution in [-0.4, -0.2) is 37.6 Å². The first-order valence-electron chi connectivity index (χ1n) is 8.52. The quantitative estimate of drug-likeness (QED) is 0.848. The fraction of sp³-hybridized carbons (Fsp3) is 0.556. The van der Waals surface area contributed by atoms with Crippen molar-refractivity contribution in [2.24, 2.45) is 0 Å². The number of quaternary nitrogens is 1. The molecule has 1 aromatic carbocycles. The molecular formula is C18H25N2O3+. The largest absolute Gasteiger partial charge is 0.497 e. The number of nitrogens with one attached hydrogen (secondary N) is 1. The molecule has 2 aliphatic heterocycles. The molecule has 3 rings (SSSR count). The molecule has 0 bridgehead atoms. The van der Waals surface area contributed by atoms with Crippen molar-refractivity contribution in [3.05, 3.63) is 24.3 Å². The Morgan fingerprint density at radius 1 is 1.22 bits per heavy atom. The second-order valence-electron chi connectivity index (χ2n) is 6.45. The normalized spacial score (nSPS) is 28.3. The third-order valence-electron chi connectivity index (χ3n) is 5.21. The first-order chi connectivity index (χ1) is 11.2. The predicted molar refractivity (Wildman–Crippen MR) is 87.7 cm³/mol. The van der Waals surface area contributed by atoms with Gasteiger partial charge in [0.1, 0.15) is 5.75 Å². The van der Waals surface area contributed by atoms with Crippen LogP contribution >= 0.6 is 0 Å². The molecule has 5 nitrogen and oxygen atoms in total. The lowest BCUT2D eigenvalue weighted by atomic mass is 9.97. The van der Waals surface area contributed by atoms with Gasteiger partial charge in [-0.2, -0.15) is 0 Å². The van der Waals surface area contributed by atoms with Gasteiger partial charge in [0.15, 0.2) is 6.04 Å². The maximum atomic E-state index is 12.9. The SMILES string of the molecule is CC[C@@H]1CCCC[NH+]1[C@@H]1CC(=O)N(c2ccc(OC)cc2)C1=O. The molecule has 0 spiro atoms. The summed E-state index contributed by atoms with van der Waals surface area (Å²) in [6.07, 6.45) is 4.93. The first kappa shape index (κ1) is 16.0. The Bertz CT molecular complexity index is 584. The molecular weight excluding hydrogens is 292 g/mol. The van der Waals surface area contributed by atoms with Crippen LogP contribution in [0, 0.1) is 0 Å². The molecule has 1 unspecified atom stereocenters. The van der Waals surface area contributed by atoms with Crippen LogP contribution in [0.15, 0.2) is 24.3 Å². The van der Waals surface area contributed by atoms with Crippen LogP contribution in [0.25, 0.3) is 0 Å². The van der Waals surface area contributed by atoms with Crippen molar-refractivity contribution in [3.8, 4) is 5.75 Å². The Balaban J connectivity index is 1.81. The Hall–Kier alpha value is -1.88. The van der Waals surface area contributed by atoms with Crippen molar-refractivity contribution in [2.45, 2.75) is 51.1 Å². The lowest BCUT2D eigenvalue weighted by molar-refractivity contribution is -0.944. The monoisotopic (exact) mass is 317 g/mol. The fourth-order valence-corrected chi connectivity index (χ4v) is 3.96. The van der Waals surface area contributed by atoms with Crippen molar-refractivity contribution in [2.75, 3.05) is 18.6 Å². The molecule has 2 amide bonds. The summed E-state index contributed by atoms with van der Waals surface area (Å²) >= 11 is 0. The zero-order valence-electron chi connectivity index (χ0n) is 13.9. The molecule has 5 heteroatoms. The molecule has 1 aromatic rings. The smallest absolute Gasteiger partial charge is 0.292 e. The first-order valence-corrected chi connectivity index (χ1v) is 8.52. The number of ether oxygens (including phenoxy) is 1. The zero-order valence-corrected chi connectivity index (χ0v) is 13.9. The number of carbonyl (C=O) groups excluding carboxylic acids is 2. The summed E-state index contributed by atoms with van der Waals surface area (Å²) in [5.41, 5.74) is 0.646.